The van der Waals surface area contributed by atoms with E-state index in [9.17, 15) is 14.4 Å². The SMILES string of the molecule is O=C(Nc1ccccc1)N1CCCC(C(=O)N2CCC(N3CCOC3=O)CC2)C1. The van der Waals surface area contributed by atoms with Gasteiger partial charge in [0.05, 0.1) is 12.5 Å². The van der Waals surface area contributed by atoms with E-state index >= 15 is 0 Å². The van der Waals surface area contributed by atoms with E-state index in [2.05, 4.69) is 5.32 Å². The van der Waals surface area contributed by atoms with Crippen LogP contribution in [0.15, 0.2) is 30.3 Å². The van der Waals surface area contributed by atoms with E-state index in [0.717, 1.165) is 31.4 Å². The third kappa shape index (κ3) is 4.46. The van der Waals surface area contributed by atoms with Crippen LogP contribution in [-0.4, -0.2) is 78.1 Å². The highest BCUT2D eigenvalue weighted by Crippen LogP contribution is 2.24. The van der Waals surface area contributed by atoms with Crippen molar-refractivity contribution in [2.75, 3.05) is 44.6 Å². The first-order chi connectivity index (χ1) is 14.1. The lowest BCUT2D eigenvalue weighted by molar-refractivity contribution is -0.138. The molecule has 1 N–H and O–H groups in total. The molecule has 0 aromatic heterocycles. The minimum atomic E-state index is -0.234. The number of nitrogens with one attached hydrogen (secondary N) is 1. The van der Waals surface area contributed by atoms with Gasteiger partial charge in [-0.25, -0.2) is 9.59 Å². The van der Waals surface area contributed by atoms with Crippen molar-refractivity contribution in [3.63, 3.8) is 0 Å². The molecule has 0 aliphatic carbocycles. The van der Waals surface area contributed by atoms with Crippen molar-refractivity contribution in [3.05, 3.63) is 30.3 Å². The van der Waals surface area contributed by atoms with E-state index in [1.807, 2.05) is 35.2 Å². The third-order valence-corrected chi connectivity index (χ3v) is 6.09. The number of amides is 4. The van der Waals surface area contributed by atoms with E-state index in [-0.39, 0.29) is 30.0 Å². The number of nitrogens with zero attached hydrogens (tertiary/aromatic N) is 3. The Morgan fingerprint density at radius 2 is 1.72 bits per heavy atom. The summed E-state index contributed by atoms with van der Waals surface area (Å²) < 4.78 is 5.03. The predicted octanol–water partition coefficient (Wildman–Crippen LogP) is 2.37. The molecule has 3 aliphatic rings. The zero-order valence-electron chi connectivity index (χ0n) is 16.6. The largest absolute Gasteiger partial charge is 0.448 e. The molecule has 0 saturated carbocycles. The quantitative estimate of drug-likeness (QED) is 0.845. The van der Waals surface area contributed by atoms with Gasteiger partial charge in [0.15, 0.2) is 0 Å². The van der Waals surface area contributed by atoms with Gasteiger partial charge in [-0.05, 0) is 37.8 Å². The van der Waals surface area contributed by atoms with Crippen molar-refractivity contribution in [1.82, 2.24) is 14.7 Å². The number of rotatable bonds is 3. The fraction of sp³-hybridized carbons (Fsp3) is 0.571. The van der Waals surface area contributed by atoms with Crippen LogP contribution in [0.5, 0.6) is 0 Å². The van der Waals surface area contributed by atoms with Crippen molar-refractivity contribution in [1.29, 1.82) is 0 Å². The Labute approximate surface area is 170 Å². The van der Waals surface area contributed by atoms with Gasteiger partial charge in [-0.3, -0.25) is 4.79 Å². The summed E-state index contributed by atoms with van der Waals surface area (Å²) >= 11 is 0. The lowest BCUT2D eigenvalue weighted by Crippen LogP contribution is -2.51. The number of ether oxygens (including phenoxy) is 1. The maximum absolute atomic E-state index is 13.0. The first kappa shape index (κ1) is 19.5. The fourth-order valence-corrected chi connectivity index (χ4v) is 4.48. The number of likely N-dealkylation sites (tertiary alicyclic amines) is 2. The first-order valence-corrected chi connectivity index (χ1v) is 10.4. The van der Waals surface area contributed by atoms with Gasteiger partial charge < -0.3 is 24.8 Å². The standard InChI is InChI=1S/C21H28N4O4/c26-19(23-11-8-18(9-12-23)25-13-14-29-21(25)28)16-5-4-10-24(15-16)20(27)22-17-6-2-1-3-7-17/h1-3,6-7,16,18H,4-5,8-15H2,(H,22,27). The van der Waals surface area contributed by atoms with Crippen LogP contribution in [0.3, 0.4) is 0 Å². The number of carbonyl (C=O) groups excluding carboxylic acids is 3. The molecule has 3 heterocycles. The summed E-state index contributed by atoms with van der Waals surface area (Å²) in [6, 6.07) is 9.37. The van der Waals surface area contributed by atoms with Gasteiger partial charge in [-0.15, -0.1) is 0 Å². The maximum atomic E-state index is 13.0. The van der Waals surface area contributed by atoms with E-state index in [1.165, 1.54) is 0 Å². The Morgan fingerprint density at radius 1 is 0.966 bits per heavy atom. The lowest BCUT2D eigenvalue weighted by Gasteiger charge is -2.39. The number of urea groups is 1. The molecular formula is C21H28N4O4. The highest BCUT2D eigenvalue weighted by atomic mass is 16.6. The smallest absolute Gasteiger partial charge is 0.410 e. The van der Waals surface area contributed by atoms with Gasteiger partial charge in [-0.1, -0.05) is 18.2 Å². The lowest BCUT2D eigenvalue weighted by atomic mass is 9.95. The van der Waals surface area contributed by atoms with Crippen molar-refractivity contribution < 1.29 is 19.1 Å². The third-order valence-electron chi connectivity index (χ3n) is 6.09. The summed E-state index contributed by atoms with van der Waals surface area (Å²) in [5.74, 6) is -0.0248. The van der Waals surface area contributed by atoms with Crippen molar-refractivity contribution in [2.24, 2.45) is 5.92 Å². The normalized spacial score (nSPS) is 23.1. The molecule has 156 valence electrons. The maximum Gasteiger partial charge on any atom is 0.410 e. The summed E-state index contributed by atoms with van der Waals surface area (Å²) in [5, 5.41) is 2.90. The molecule has 3 aliphatic heterocycles. The summed E-state index contributed by atoms with van der Waals surface area (Å²) in [7, 11) is 0. The molecule has 0 bridgehead atoms. The molecule has 3 saturated heterocycles. The monoisotopic (exact) mass is 400 g/mol. The van der Waals surface area contributed by atoms with E-state index in [4.69, 9.17) is 4.74 Å². The van der Waals surface area contributed by atoms with Crippen molar-refractivity contribution in [3.8, 4) is 0 Å². The van der Waals surface area contributed by atoms with Crippen molar-refractivity contribution in [2.45, 2.75) is 31.7 Å². The number of cyclic esters (lactones) is 1. The molecule has 4 amide bonds. The zero-order chi connectivity index (χ0) is 20.2. The Bertz CT molecular complexity index is 748. The second-order valence-corrected chi connectivity index (χ2v) is 7.95. The number of piperidine rings is 2. The van der Waals surface area contributed by atoms with Crippen LogP contribution in [-0.2, 0) is 9.53 Å². The molecule has 3 fully saturated rings. The zero-order valence-corrected chi connectivity index (χ0v) is 16.6. The molecule has 1 unspecified atom stereocenters. The van der Waals surface area contributed by atoms with E-state index in [0.29, 0.717) is 39.3 Å². The summed E-state index contributed by atoms with van der Waals surface area (Å²) in [4.78, 5) is 42.8. The number of carbonyl (C=O) groups is 3. The van der Waals surface area contributed by atoms with Crippen LogP contribution in [0.4, 0.5) is 15.3 Å². The topological polar surface area (TPSA) is 82.2 Å². The van der Waals surface area contributed by atoms with Gasteiger partial charge in [0.25, 0.3) is 0 Å². The number of para-hydroxylation sites is 1. The van der Waals surface area contributed by atoms with Crippen LogP contribution in [0, 0.1) is 5.92 Å². The number of hydrogen-bond acceptors (Lipinski definition) is 4. The average Bonchev–Trinajstić information content (AvgIpc) is 3.20. The molecule has 1 aromatic rings. The minimum Gasteiger partial charge on any atom is -0.448 e. The van der Waals surface area contributed by atoms with Crippen LogP contribution in [0.2, 0.25) is 0 Å². The van der Waals surface area contributed by atoms with Crippen LogP contribution < -0.4 is 5.32 Å². The van der Waals surface area contributed by atoms with Gasteiger partial charge in [0.1, 0.15) is 6.61 Å². The van der Waals surface area contributed by atoms with Gasteiger partial charge >= 0.3 is 12.1 Å². The summed E-state index contributed by atoms with van der Waals surface area (Å²) in [6.07, 6.45) is 2.97. The summed E-state index contributed by atoms with van der Waals surface area (Å²) in [6.45, 7) is 3.53. The average molecular weight is 400 g/mol. The molecule has 1 aromatic carbocycles. The second-order valence-electron chi connectivity index (χ2n) is 7.95. The van der Waals surface area contributed by atoms with E-state index < -0.39 is 0 Å². The molecule has 8 nitrogen and oxygen atoms in total. The summed E-state index contributed by atoms with van der Waals surface area (Å²) in [5.41, 5.74) is 0.758. The Hall–Kier alpha value is -2.77. The number of hydrogen-bond donors (Lipinski definition) is 1. The van der Waals surface area contributed by atoms with Crippen LogP contribution >= 0.6 is 0 Å². The Morgan fingerprint density at radius 3 is 2.41 bits per heavy atom. The molecule has 8 heteroatoms. The van der Waals surface area contributed by atoms with Gasteiger partial charge in [0, 0.05) is 37.9 Å². The Balaban J connectivity index is 1.29. The predicted molar refractivity (Wildman–Crippen MR) is 107 cm³/mol. The number of anilines is 1. The first-order valence-electron chi connectivity index (χ1n) is 10.4. The molecule has 4 rings (SSSR count). The molecular weight excluding hydrogens is 372 g/mol. The molecule has 29 heavy (non-hydrogen) atoms. The molecule has 0 spiro atoms. The van der Waals surface area contributed by atoms with Gasteiger partial charge in [-0.2, -0.15) is 0 Å². The number of benzene rings is 1. The van der Waals surface area contributed by atoms with Crippen molar-refractivity contribution >= 4 is 23.7 Å². The van der Waals surface area contributed by atoms with Crippen LogP contribution in [0.1, 0.15) is 25.7 Å². The molecule has 1 atom stereocenters. The second kappa shape index (κ2) is 8.71. The molecule has 0 radical (unpaired) electrons. The van der Waals surface area contributed by atoms with E-state index in [1.54, 1.807) is 9.80 Å². The highest BCUT2D eigenvalue weighted by Gasteiger charge is 2.36. The van der Waals surface area contributed by atoms with Gasteiger partial charge in [0.2, 0.25) is 5.91 Å². The van der Waals surface area contributed by atoms with Crippen LogP contribution in [0.25, 0.3) is 0 Å². The fourth-order valence-electron chi connectivity index (χ4n) is 4.48. The highest BCUT2D eigenvalue weighted by molar-refractivity contribution is 5.90. The Kier molecular flexibility index (Phi) is 5.87. The minimum absolute atomic E-state index is 0.129.